The molecular formula is C15H21ClO3. The summed E-state index contributed by atoms with van der Waals surface area (Å²) >= 11 is 6.18. The zero-order valence-corrected chi connectivity index (χ0v) is 12.2. The normalized spacial score (nSPS) is 18.1. The minimum absolute atomic E-state index is 0.322. The van der Waals surface area contributed by atoms with Crippen molar-refractivity contribution >= 4 is 11.6 Å². The van der Waals surface area contributed by atoms with Crippen LogP contribution in [0.3, 0.4) is 0 Å². The molecular weight excluding hydrogens is 264 g/mol. The molecule has 1 fully saturated rings. The third-order valence-electron chi connectivity index (χ3n) is 3.89. The number of benzene rings is 1. The van der Waals surface area contributed by atoms with Gasteiger partial charge >= 0.3 is 0 Å². The van der Waals surface area contributed by atoms with Gasteiger partial charge in [0.2, 0.25) is 0 Å². The Morgan fingerprint density at radius 1 is 1.16 bits per heavy atom. The van der Waals surface area contributed by atoms with Gasteiger partial charge < -0.3 is 14.6 Å². The van der Waals surface area contributed by atoms with Crippen LogP contribution in [0.25, 0.3) is 0 Å². The van der Waals surface area contributed by atoms with E-state index in [0.717, 1.165) is 18.4 Å². The second-order valence-corrected chi connectivity index (χ2v) is 5.49. The quantitative estimate of drug-likeness (QED) is 0.909. The van der Waals surface area contributed by atoms with Gasteiger partial charge in [0.15, 0.2) is 11.5 Å². The predicted molar refractivity (Wildman–Crippen MR) is 76.1 cm³/mol. The molecule has 0 radical (unpaired) electrons. The Bertz CT molecular complexity index is 428. The van der Waals surface area contributed by atoms with Crippen LogP contribution in [0.1, 0.15) is 43.8 Å². The number of hydrogen-bond donors (Lipinski definition) is 1. The highest BCUT2D eigenvalue weighted by atomic mass is 35.5. The maximum atomic E-state index is 10.5. The zero-order valence-electron chi connectivity index (χ0n) is 11.5. The minimum atomic E-state index is -0.474. The summed E-state index contributed by atoms with van der Waals surface area (Å²) in [6.07, 6.45) is 5.35. The molecule has 1 aromatic carbocycles. The van der Waals surface area contributed by atoms with E-state index in [2.05, 4.69) is 0 Å². The Hall–Kier alpha value is -0.930. The number of aliphatic hydroxyl groups excluding tert-OH is 1. The summed E-state index contributed by atoms with van der Waals surface area (Å²) in [5.74, 6) is 1.41. The third kappa shape index (κ3) is 3.15. The van der Waals surface area contributed by atoms with Gasteiger partial charge in [-0.05, 0) is 36.5 Å². The van der Waals surface area contributed by atoms with E-state index in [1.807, 2.05) is 6.07 Å². The summed E-state index contributed by atoms with van der Waals surface area (Å²) in [6, 6.07) is 3.60. The van der Waals surface area contributed by atoms with Gasteiger partial charge in [-0.3, -0.25) is 0 Å². The smallest absolute Gasteiger partial charge is 0.179 e. The van der Waals surface area contributed by atoms with Gasteiger partial charge in [0.05, 0.1) is 25.3 Å². The lowest BCUT2D eigenvalue weighted by molar-refractivity contribution is 0.0846. The fourth-order valence-electron chi connectivity index (χ4n) is 2.83. The SMILES string of the molecule is COc1cc(C(O)C2CCCCC2)cc(Cl)c1OC. The minimum Gasteiger partial charge on any atom is -0.493 e. The first-order chi connectivity index (χ1) is 9.17. The van der Waals surface area contributed by atoms with E-state index in [1.165, 1.54) is 19.3 Å². The first-order valence-corrected chi connectivity index (χ1v) is 7.14. The Labute approximate surface area is 119 Å². The summed E-state index contributed by atoms with van der Waals surface area (Å²) in [7, 11) is 3.13. The van der Waals surface area contributed by atoms with Crippen molar-refractivity contribution in [2.24, 2.45) is 5.92 Å². The average Bonchev–Trinajstić information content (AvgIpc) is 2.46. The Balaban J connectivity index is 2.26. The van der Waals surface area contributed by atoms with Crippen LogP contribution >= 0.6 is 11.6 Å². The molecule has 0 spiro atoms. The molecule has 0 saturated heterocycles. The van der Waals surface area contributed by atoms with Gasteiger partial charge in [0.1, 0.15) is 0 Å². The van der Waals surface area contributed by atoms with Gasteiger partial charge in [-0.1, -0.05) is 30.9 Å². The summed E-state index contributed by atoms with van der Waals surface area (Å²) in [6.45, 7) is 0. The molecule has 19 heavy (non-hydrogen) atoms. The standard InChI is InChI=1S/C15H21ClO3/c1-18-13-9-11(8-12(16)15(13)19-2)14(17)10-6-4-3-5-7-10/h8-10,14,17H,3-7H2,1-2H3. The van der Waals surface area contributed by atoms with Crippen LogP contribution in [0.5, 0.6) is 11.5 Å². The molecule has 0 amide bonds. The van der Waals surface area contributed by atoms with E-state index < -0.39 is 6.10 Å². The van der Waals surface area contributed by atoms with Crippen LogP contribution in [-0.4, -0.2) is 19.3 Å². The molecule has 1 unspecified atom stereocenters. The Morgan fingerprint density at radius 2 is 1.84 bits per heavy atom. The fraction of sp³-hybridized carbons (Fsp3) is 0.600. The predicted octanol–water partition coefficient (Wildman–Crippen LogP) is 3.97. The highest BCUT2D eigenvalue weighted by Gasteiger charge is 2.25. The number of ether oxygens (including phenoxy) is 2. The van der Waals surface area contributed by atoms with E-state index in [-0.39, 0.29) is 0 Å². The molecule has 1 N–H and O–H groups in total. The van der Waals surface area contributed by atoms with E-state index >= 15 is 0 Å². The Kier molecular flexibility index (Phi) is 4.94. The summed E-state index contributed by atoms with van der Waals surface area (Å²) in [5, 5.41) is 11.0. The number of hydrogen-bond acceptors (Lipinski definition) is 3. The van der Waals surface area contributed by atoms with Gasteiger partial charge in [0, 0.05) is 0 Å². The van der Waals surface area contributed by atoms with Gasteiger partial charge in [0.25, 0.3) is 0 Å². The molecule has 0 heterocycles. The van der Waals surface area contributed by atoms with Crippen molar-refractivity contribution in [3.63, 3.8) is 0 Å². The lowest BCUT2D eigenvalue weighted by Crippen LogP contribution is -2.16. The van der Waals surface area contributed by atoms with Crippen LogP contribution in [0.4, 0.5) is 0 Å². The third-order valence-corrected chi connectivity index (χ3v) is 4.17. The second kappa shape index (κ2) is 6.49. The molecule has 106 valence electrons. The molecule has 1 aromatic rings. The van der Waals surface area contributed by atoms with E-state index in [0.29, 0.717) is 22.4 Å². The fourth-order valence-corrected chi connectivity index (χ4v) is 3.13. The molecule has 1 saturated carbocycles. The maximum Gasteiger partial charge on any atom is 0.179 e. The average molecular weight is 285 g/mol. The topological polar surface area (TPSA) is 38.7 Å². The van der Waals surface area contributed by atoms with Crippen molar-refractivity contribution in [2.75, 3.05) is 14.2 Å². The van der Waals surface area contributed by atoms with E-state index in [1.54, 1.807) is 20.3 Å². The molecule has 0 bridgehead atoms. The first-order valence-electron chi connectivity index (χ1n) is 6.77. The van der Waals surface area contributed by atoms with Crippen molar-refractivity contribution < 1.29 is 14.6 Å². The van der Waals surface area contributed by atoms with Crippen molar-refractivity contribution in [3.05, 3.63) is 22.7 Å². The molecule has 2 rings (SSSR count). The summed E-state index contributed by atoms with van der Waals surface area (Å²) < 4.78 is 10.5. The number of rotatable bonds is 4. The van der Waals surface area contributed by atoms with Crippen LogP contribution in [0.2, 0.25) is 5.02 Å². The highest BCUT2D eigenvalue weighted by molar-refractivity contribution is 6.32. The second-order valence-electron chi connectivity index (χ2n) is 5.08. The molecule has 1 aliphatic rings. The zero-order chi connectivity index (χ0) is 13.8. The van der Waals surface area contributed by atoms with Gasteiger partial charge in [-0.15, -0.1) is 0 Å². The Morgan fingerprint density at radius 3 is 2.42 bits per heavy atom. The largest absolute Gasteiger partial charge is 0.493 e. The number of halogens is 1. The molecule has 4 heteroatoms. The van der Waals surface area contributed by atoms with Crippen LogP contribution in [0, 0.1) is 5.92 Å². The molecule has 3 nitrogen and oxygen atoms in total. The maximum absolute atomic E-state index is 10.5. The summed E-state index contributed by atoms with van der Waals surface area (Å²) in [4.78, 5) is 0. The first kappa shape index (κ1) is 14.5. The molecule has 0 aliphatic heterocycles. The monoisotopic (exact) mass is 284 g/mol. The summed E-state index contributed by atoms with van der Waals surface area (Å²) in [5.41, 5.74) is 0.814. The van der Waals surface area contributed by atoms with E-state index in [9.17, 15) is 5.11 Å². The lowest BCUT2D eigenvalue weighted by atomic mass is 9.83. The van der Waals surface area contributed by atoms with Gasteiger partial charge in [-0.25, -0.2) is 0 Å². The van der Waals surface area contributed by atoms with Crippen molar-refractivity contribution in [1.29, 1.82) is 0 Å². The molecule has 1 aliphatic carbocycles. The molecule has 0 aromatic heterocycles. The van der Waals surface area contributed by atoms with Gasteiger partial charge in [-0.2, -0.15) is 0 Å². The van der Waals surface area contributed by atoms with Crippen LogP contribution in [0.15, 0.2) is 12.1 Å². The van der Waals surface area contributed by atoms with E-state index in [4.69, 9.17) is 21.1 Å². The van der Waals surface area contributed by atoms with Crippen LogP contribution in [-0.2, 0) is 0 Å². The molecule has 1 atom stereocenters. The van der Waals surface area contributed by atoms with Crippen molar-refractivity contribution in [3.8, 4) is 11.5 Å². The lowest BCUT2D eigenvalue weighted by Gasteiger charge is -2.27. The van der Waals surface area contributed by atoms with Crippen molar-refractivity contribution in [2.45, 2.75) is 38.2 Å². The highest BCUT2D eigenvalue weighted by Crippen LogP contribution is 2.41. The number of methoxy groups -OCH3 is 2. The van der Waals surface area contributed by atoms with Crippen molar-refractivity contribution in [1.82, 2.24) is 0 Å². The van der Waals surface area contributed by atoms with Crippen LogP contribution < -0.4 is 9.47 Å². The number of aliphatic hydroxyl groups is 1.